The number of halogens is 1. The monoisotopic (exact) mass is 537 g/mol. The first kappa shape index (κ1) is 26.3. The highest BCUT2D eigenvalue weighted by atomic mass is 35.5. The SMILES string of the molecule is CCOc1cc(/C=C2\N=C(c3ccc(C)c([N+](=O)[O-])c3)OC2=O)cc(Cl)c1OCc1ccc([N+](=O)[O-])cc1. The number of non-ortho nitro benzene ring substituents is 1. The van der Waals surface area contributed by atoms with Crippen LogP contribution in [0.4, 0.5) is 11.4 Å². The van der Waals surface area contributed by atoms with E-state index in [-0.39, 0.29) is 40.3 Å². The van der Waals surface area contributed by atoms with E-state index in [1.165, 1.54) is 24.3 Å². The van der Waals surface area contributed by atoms with Crippen molar-refractivity contribution >= 4 is 40.9 Å². The molecule has 0 aliphatic carbocycles. The number of carbonyl (C=O) groups excluding carboxylic acids is 1. The molecule has 0 atom stereocenters. The summed E-state index contributed by atoms with van der Waals surface area (Å²) in [5.74, 6) is -0.197. The van der Waals surface area contributed by atoms with Crippen LogP contribution in [0.25, 0.3) is 6.08 Å². The molecule has 0 saturated heterocycles. The highest BCUT2D eigenvalue weighted by molar-refractivity contribution is 6.32. The van der Waals surface area contributed by atoms with Gasteiger partial charge in [-0.25, -0.2) is 9.79 Å². The van der Waals surface area contributed by atoms with Crippen LogP contribution < -0.4 is 9.47 Å². The van der Waals surface area contributed by atoms with Crippen LogP contribution in [0.15, 0.2) is 65.3 Å². The third kappa shape index (κ3) is 5.79. The largest absolute Gasteiger partial charge is 0.490 e. The normalized spacial score (nSPS) is 13.7. The number of ether oxygens (including phenoxy) is 3. The van der Waals surface area contributed by atoms with E-state index in [0.717, 1.165) is 0 Å². The zero-order valence-corrected chi connectivity index (χ0v) is 20.9. The van der Waals surface area contributed by atoms with Crippen LogP contribution in [0, 0.1) is 27.2 Å². The molecule has 12 heteroatoms. The zero-order chi connectivity index (χ0) is 27.4. The van der Waals surface area contributed by atoms with Gasteiger partial charge in [-0.1, -0.05) is 17.7 Å². The Kier molecular flexibility index (Phi) is 7.68. The average Bonchev–Trinajstić information content (AvgIpc) is 3.24. The van der Waals surface area contributed by atoms with Crippen LogP contribution in [-0.4, -0.2) is 28.3 Å². The van der Waals surface area contributed by atoms with E-state index in [9.17, 15) is 25.0 Å². The Morgan fingerprint density at radius 2 is 1.76 bits per heavy atom. The number of hydrogen-bond donors (Lipinski definition) is 0. The van der Waals surface area contributed by atoms with E-state index in [1.807, 2.05) is 0 Å². The lowest BCUT2D eigenvalue weighted by atomic mass is 10.1. The van der Waals surface area contributed by atoms with Crippen molar-refractivity contribution in [2.75, 3.05) is 6.61 Å². The number of aliphatic imine (C=N–C) groups is 1. The number of nitro groups is 2. The highest BCUT2D eigenvalue weighted by Crippen LogP contribution is 2.38. The molecule has 11 nitrogen and oxygen atoms in total. The van der Waals surface area contributed by atoms with Crippen LogP contribution in [0.2, 0.25) is 5.02 Å². The van der Waals surface area contributed by atoms with Gasteiger partial charge in [0.25, 0.3) is 11.4 Å². The summed E-state index contributed by atoms with van der Waals surface area (Å²) < 4.78 is 16.8. The standard InChI is InChI=1S/C26H20ClN3O8/c1-3-36-23-12-17(10-20(27)24(23)37-14-16-5-8-19(9-6-16)29(32)33)11-21-26(31)38-25(28-21)18-7-4-15(2)22(13-18)30(34)35/h4-13H,3,14H2,1-2H3/b21-11-. The second-order valence-corrected chi connectivity index (χ2v) is 8.48. The van der Waals surface area contributed by atoms with Gasteiger partial charge in [-0.15, -0.1) is 0 Å². The third-order valence-corrected chi connectivity index (χ3v) is 5.72. The molecular formula is C26H20ClN3O8. The molecular weight excluding hydrogens is 518 g/mol. The minimum atomic E-state index is -0.726. The number of aryl methyl sites for hydroxylation is 1. The van der Waals surface area contributed by atoms with Crippen molar-refractivity contribution < 1.29 is 28.9 Å². The number of nitro benzene ring substituents is 2. The van der Waals surface area contributed by atoms with E-state index < -0.39 is 15.8 Å². The highest BCUT2D eigenvalue weighted by Gasteiger charge is 2.26. The first-order valence-electron chi connectivity index (χ1n) is 11.3. The first-order valence-corrected chi connectivity index (χ1v) is 11.6. The molecule has 1 aliphatic rings. The molecule has 0 fully saturated rings. The molecule has 0 saturated carbocycles. The lowest BCUT2D eigenvalue weighted by molar-refractivity contribution is -0.385. The van der Waals surface area contributed by atoms with Gasteiger partial charge >= 0.3 is 5.97 Å². The second-order valence-electron chi connectivity index (χ2n) is 8.07. The van der Waals surface area contributed by atoms with Gasteiger partial charge in [0.05, 0.1) is 21.5 Å². The van der Waals surface area contributed by atoms with Gasteiger partial charge in [0.15, 0.2) is 17.2 Å². The molecule has 3 aromatic rings. The fourth-order valence-electron chi connectivity index (χ4n) is 3.57. The first-order chi connectivity index (χ1) is 18.2. The van der Waals surface area contributed by atoms with E-state index in [2.05, 4.69) is 4.99 Å². The van der Waals surface area contributed by atoms with Crippen molar-refractivity contribution in [1.29, 1.82) is 0 Å². The summed E-state index contributed by atoms with van der Waals surface area (Å²) in [5, 5.41) is 22.3. The molecule has 0 unspecified atom stereocenters. The third-order valence-electron chi connectivity index (χ3n) is 5.44. The van der Waals surface area contributed by atoms with Gasteiger partial charge in [0.2, 0.25) is 5.90 Å². The smallest absolute Gasteiger partial charge is 0.363 e. The number of esters is 1. The van der Waals surface area contributed by atoms with Crippen LogP contribution in [0.5, 0.6) is 11.5 Å². The van der Waals surface area contributed by atoms with Crippen molar-refractivity contribution in [3.8, 4) is 11.5 Å². The van der Waals surface area contributed by atoms with Crippen molar-refractivity contribution in [3.05, 3.63) is 108 Å². The maximum atomic E-state index is 12.5. The maximum absolute atomic E-state index is 12.5. The van der Waals surface area contributed by atoms with Gasteiger partial charge in [-0.05, 0) is 61.4 Å². The topological polar surface area (TPSA) is 143 Å². The number of carbonyl (C=O) groups is 1. The Balaban J connectivity index is 1.60. The lowest BCUT2D eigenvalue weighted by Crippen LogP contribution is -2.06. The summed E-state index contributed by atoms with van der Waals surface area (Å²) in [6, 6.07) is 13.5. The Bertz CT molecular complexity index is 1500. The number of benzene rings is 3. The van der Waals surface area contributed by atoms with Crippen molar-refractivity contribution in [1.82, 2.24) is 0 Å². The van der Waals surface area contributed by atoms with Gasteiger partial charge in [-0.3, -0.25) is 20.2 Å². The molecule has 3 aromatic carbocycles. The molecule has 0 spiro atoms. The minimum Gasteiger partial charge on any atom is -0.490 e. The summed E-state index contributed by atoms with van der Waals surface area (Å²) in [4.78, 5) is 37.8. The van der Waals surface area contributed by atoms with E-state index >= 15 is 0 Å². The predicted molar refractivity (Wildman–Crippen MR) is 138 cm³/mol. The minimum absolute atomic E-state index is 0.0266. The Hall–Kier alpha value is -4.77. The van der Waals surface area contributed by atoms with Crippen molar-refractivity contribution in [2.24, 2.45) is 4.99 Å². The molecule has 0 N–H and O–H groups in total. The van der Waals surface area contributed by atoms with Crippen LogP contribution in [0.1, 0.15) is 29.2 Å². The average molecular weight is 538 g/mol. The molecule has 1 aliphatic heterocycles. The quantitative estimate of drug-likeness (QED) is 0.144. The van der Waals surface area contributed by atoms with E-state index in [1.54, 1.807) is 50.2 Å². The zero-order valence-electron chi connectivity index (χ0n) is 20.2. The molecule has 0 bridgehead atoms. The number of rotatable bonds is 9. The molecule has 0 aromatic heterocycles. The van der Waals surface area contributed by atoms with E-state index in [4.69, 9.17) is 25.8 Å². The number of nitrogens with zero attached hydrogens (tertiary/aromatic N) is 3. The van der Waals surface area contributed by atoms with Crippen molar-refractivity contribution in [3.63, 3.8) is 0 Å². The fourth-order valence-corrected chi connectivity index (χ4v) is 3.85. The fraction of sp³-hybridized carbons (Fsp3) is 0.154. The maximum Gasteiger partial charge on any atom is 0.363 e. The summed E-state index contributed by atoms with van der Waals surface area (Å²) in [5.41, 5.74) is 1.75. The van der Waals surface area contributed by atoms with Crippen LogP contribution >= 0.6 is 11.6 Å². The Labute approximate surface area is 221 Å². The molecule has 194 valence electrons. The molecule has 4 rings (SSSR count). The number of hydrogen-bond acceptors (Lipinski definition) is 9. The summed E-state index contributed by atoms with van der Waals surface area (Å²) >= 11 is 6.47. The lowest BCUT2D eigenvalue weighted by Gasteiger charge is -2.14. The summed E-state index contributed by atoms with van der Waals surface area (Å²) in [7, 11) is 0. The Morgan fingerprint density at radius 1 is 1.03 bits per heavy atom. The molecule has 38 heavy (non-hydrogen) atoms. The second kappa shape index (κ2) is 11.1. The molecule has 0 amide bonds. The van der Waals surface area contributed by atoms with E-state index in [0.29, 0.717) is 34.6 Å². The van der Waals surface area contributed by atoms with Gasteiger partial charge in [0.1, 0.15) is 6.61 Å². The predicted octanol–water partition coefficient (Wildman–Crippen LogP) is 5.79. The molecule has 1 heterocycles. The van der Waals surface area contributed by atoms with Crippen LogP contribution in [0.3, 0.4) is 0 Å². The van der Waals surface area contributed by atoms with Crippen LogP contribution in [-0.2, 0) is 16.1 Å². The van der Waals surface area contributed by atoms with Gasteiger partial charge in [-0.2, -0.15) is 0 Å². The summed E-state index contributed by atoms with van der Waals surface area (Å²) in [6.45, 7) is 3.78. The number of cyclic esters (lactones) is 1. The summed E-state index contributed by atoms with van der Waals surface area (Å²) in [6.07, 6.45) is 1.45. The Morgan fingerprint density at radius 3 is 2.42 bits per heavy atom. The van der Waals surface area contributed by atoms with Gasteiger partial charge < -0.3 is 14.2 Å². The molecule has 0 radical (unpaired) electrons. The van der Waals surface area contributed by atoms with Gasteiger partial charge in [0, 0.05) is 29.3 Å². The van der Waals surface area contributed by atoms with Crippen molar-refractivity contribution in [2.45, 2.75) is 20.5 Å².